The van der Waals surface area contributed by atoms with Gasteiger partial charge in [0.15, 0.2) is 0 Å². The van der Waals surface area contributed by atoms with E-state index in [4.69, 9.17) is 16.3 Å². The molecule has 0 aromatic heterocycles. The maximum absolute atomic E-state index is 12.7. The first-order valence-electron chi connectivity index (χ1n) is 8.79. The lowest BCUT2D eigenvalue weighted by Crippen LogP contribution is -2.03. The molecule has 3 aromatic carbocycles. The van der Waals surface area contributed by atoms with Crippen molar-refractivity contribution < 1.29 is 13.2 Å². The second-order valence-corrected chi connectivity index (χ2v) is 8.78. The van der Waals surface area contributed by atoms with Gasteiger partial charge in [0, 0.05) is 5.02 Å². The number of aryl methyl sites for hydroxylation is 1. The average molecular weight is 424 g/mol. The van der Waals surface area contributed by atoms with E-state index in [0.717, 1.165) is 11.1 Å². The normalized spacial score (nSPS) is 11.7. The predicted octanol–water partition coefficient (Wildman–Crippen LogP) is 5.57. The van der Waals surface area contributed by atoms with E-state index in [1.165, 1.54) is 30.3 Å². The van der Waals surface area contributed by atoms with Crippen LogP contribution in [-0.2, 0) is 16.4 Å². The zero-order chi connectivity index (χ0) is 20.9. The van der Waals surface area contributed by atoms with E-state index in [1.807, 2.05) is 25.1 Å². The van der Waals surface area contributed by atoms with Crippen molar-refractivity contribution in [2.24, 2.45) is 0 Å². The van der Waals surface area contributed by atoms with Gasteiger partial charge in [0.2, 0.25) is 9.84 Å². The Balaban J connectivity index is 1.76. The molecule has 0 amide bonds. The van der Waals surface area contributed by atoms with Crippen molar-refractivity contribution in [3.05, 3.63) is 99.4 Å². The van der Waals surface area contributed by atoms with E-state index < -0.39 is 9.84 Å². The minimum absolute atomic E-state index is 0.0211. The Kier molecular flexibility index (Phi) is 6.38. The molecule has 0 N–H and O–H groups in total. The molecule has 29 heavy (non-hydrogen) atoms. The van der Waals surface area contributed by atoms with Gasteiger partial charge in [-0.15, -0.1) is 0 Å². The van der Waals surface area contributed by atoms with Gasteiger partial charge in [-0.25, -0.2) is 8.42 Å². The van der Waals surface area contributed by atoms with Crippen LogP contribution < -0.4 is 4.74 Å². The van der Waals surface area contributed by atoms with E-state index in [0.29, 0.717) is 22.9 Å². The fourth-order valence-electron chi connectivity index (χ4n) is 2.69. The molecule has 6 heteroatoms. The molecule has 0 unspecified atom stereocenters. The van der Waals surface area contributed by atoms with Gasteiger partial charge in [0.05, 0.1) is 4.90 Å². The van der Waals surface area contributed by atoms with Crippen molar-refractivity contribution in [3.63, 3.8) is 0 Å². The third kappa shape index (κ3) is 5.26. The summed E-state index contributed by atoms with van der Waals surface area (Å²) in [6.45, 7) is 2.46. The molecule has 3 aromatic rings. The maximum Gasteiger partial charge on any atom is 0.216 e. The average Bonchev–Trinajstić information content (AvgIpc) is 2.71. The van der Waals surface area contributed by atoms with Gasteiger partial charge >= 0.3 is 0 Å². The van der Waals surface area contributed by atoms with Crippen LogP contribution in [0.1, 0.15) is 16.7 Å². The van der Waals surface area contributed by atoms with Gasteiger partial charge in [-0.05, 0) is 60.5 Å². The van der Waals surface area contributed by atoms with Crippen molar-refractivity contribution in [2.75, 3.05) is 0 Å². The highest BCUT2D eigenvalue weighted by atomic mass is 35.5. The number of allylic oxidation sites excluding steroid dienone is 1. The van der Waals surface area contributed by atoms with Gasteiger partial charge in [-0.2, -0.15) is 5.26 Å². The molecule has 0 aliphatic rings. The standard InChI is InChI=1S/C23H18ClNO3S/c1-17-3-2-4-19(13-17)16-28-21-9-5-18(6-10-21)14-23(15-25)29(26,27)22-11-7-20(24)8-12-22/h2-14H,16H2,1H3. The molecule has 0 saturated heterocycles. The first-order chi connectivity index (χ1) is 13.9. The number of benzene rings is 3. The number of rotatable bonds is 6. The lowest BCUT2D eigenvalue weighted by Gasteiger charge is -2.07. The van der Waals surface area contributed by atoms with Gasteiger partial charge < -0.3 is 4.74 Å². The van der Waals surface area contributed by atoms with Crippen molar-refractivity contribution in [1.29, 1.82) is 5.26 Å². The number of hydrogen-bond donors (Lipinski definition) is 0. The fraction of sp³-hybridized carbons (Fsp3) is 0.0870. The van der Waals surface area contributed by atoms with Crippen LogP contribution in [-0.4, -0.2) is 8.42 Å². The Morgan fingerprint density at radius 3 is 2.38 bits per heavy atom. The third-order valence-corrected chi connectivity index (χ3v) is 6.12. The molecule has 0 atom stereocenters. The molecule has 0 saturated carbocycles. The van der Waals surface area contributed by atoms with Crippen LogP contribution in [0.25, 0.3) is 6.08 Å². The summed E-state index contributed by atoms with van der Waals surface area (Å²) in [5.41, 5.74) is 2.81. The molecule has 4 nitrogen and oxygen atoms in total. The highest BCUT2D eigenvalue weighted by Gasteiger charge is 2.20. The highest BCUT2D eigenvalue weighted by Crippen LogP contribution is 2.24. The molecule has 0 spiro atoms. The van der Waals surface area contributed by atoms with E-state index in [2.05, 4.69) is 6.07 Å². The number of nitriles is 1. The van der Waals surface area contributed by atoms with Crippen molar-refractivity contribution >= 4 is 27.5 Å². The van der Waals surface area contributed by atoms with E-state index in [-0.39, 0.29) is 9.80 Å². The molecular weight excluding hydrogens is 406 g/mol. The Hall–Kier alpha value is -3.07. The smallest absolute Gasteiger partial charge is 0.216 e. The summed E-state index contributed by atoms with van der Waals surface area (Å²) in [7, 11) is -3.92. The molecule has 146 valence electrons. The summed E-state index contributed by atoms with van der Waals surface area (Å²) in [5, 5.41) is 9.80. The van der Waals surface area contributed by atoms with Crippen LogP contribution in [0.4, 0.5) is 0 Å². The van der Waals surface area contributed by atoms with Crippen molar-refractivity contribution in [1.82, 2.24) is 0 Å². The second-order valence-electron chi connectivity index (χ2n) is 6.42. The Bertz CT molecular complexity index is 1180. The first kappa shape index (κ1) is 20.7. The van der Waals surface area contributed by atoms with Crippen molar-refractivity contribution in [2.45, 2.75) is 18.4 Å². The minimum Gasteiger partial charge on any atom is -0.489 e. The van der Waals surface area contributed by atoms with Crippen LogP contribution in [0.15, 0.2) is 82.6 Å². The number of sulfone groups is 1. The Morgan fingerprint density at radius 1 is 1.07 bits per heavy atom. The number of nitrogens with zero attached hydrogens (tertiary/aromatic N) is 1. The zero-order valence-electron chi connectivity index (χ0n) is 15.7. The second kappa shape index (κ2) is 8.95. The number of ether oxygens (including phenoxy) is 1. The third-order valence-electron chi connectivity index (χ3n) is 4.19. The molecule has 3 rings (SSSR count). The number of hydrogen-bond acceptors (Lipinski definition) is 4. The molecule has 0 radical (unpaired) electrons. The van der Waals surface area contributed by atoms with Gasteiger partial charge in [-0.3, -0.25) is 0 Å². The predicted molar refractivity (Wildman–Crippen MR) is 114 cm³/mol. The lowest BCUT2D eigenvalue weighted by atomic mass is 10.1. The summed E-state index contributed by atoms with van der Waals surface area (Å²) in [5.74, 6) is 0.655. The molecule has 0 heterocycles. The molecule has 0 aliphatic carbocycles. The minimum atomic E-state index is -3.92. The monoisotopic (exact) mass is 423 g/mol. The summed E-state index contributed by atoms with van der Waals surface area (Å²) in [6, 6.07) is 22.4. The number of halogens is 1. The summed E-state index contributed by atoms with van der Waals surface area (Å²) in [4.78, 5) is -0.318. The van der Waals surface area contributed by atoms with Crippen molar-refractivity contribution in [3.8, 4) is 11.8 Å². The van der Waals surface area contributed by atoms with E-state index in [9.17, 15) is 13.7 Å². The Labute approximate surface area is 175 Å². The summed E-state index contributed by atoms with van der Waals surface area (Å²) >= 11 is 5.81. The SMILES string of the molecule is Cc1cccc(COc2ccc(C=C(C#N)S(=O)(=O)c3ccc(Cl)cc3)cc2)c1. The van der Waals surface area contributed by atoms with E-state index >= 15 is 0 Å². The molecule has 0 bridgehead atoms. The summed E-state index contributed by atoms with van der Waals surface area (Å²) in [6.07, 6.45) is 1.34. The molecule has 0 fully saturated rings. The Morgan fingerprint density at radius 2 is 1.76 bits per heavy atom. The van der Waals surface area contributed by atoms with Gasteiger partial charge in [-0.1, -0.05) is 53.6 Å². The van der Waals surface area contributed by atoms with Gasteiger partial charge in [0.1, 0.15) is 23.3 Å². The van der Waals surface area contributed by atoms with Gasteiger partial charge in [0.25, 0.3) is 0 Å². The van der Waals surface area contributed by atoms with Crippen LogP contribution in [0.2, 0.25) is 5.02 Å². The fourth-order valence-corrected chi connectivity index (χ4v) is 3.98. The zero-order valence-corrected chi connectivity index (χ0v) is 17.2. The first-order valence-corrected chi connectivity index (χ1v) is 10.7. The van der Waals surface area contributed by atoms with Crippen LogP contribution in [0, 0.1) is 18.3 Å². The van der Waals surface area contributed by atoms with Crippen LogP contribution in [0.5, 0.6) is 5.75 Å². The topological polar surface area (TPSA) is 67.2 Å². The largest absolute Gasteiger partial charge is 0.489 e. The summed E-state index contributed by atoms with van der Waals surface area (Å²) < 4.78 is 31.1. The highest BCUT2D eigenvalue weighted by molar-refractivity contribution is 7.95. The maximum atomic E-state index is 12.7. The van der Waals surface area contributed by atoms with Crippen LogP contribution in [0.3, 0.4) is 0 Å². The lowest BCUT2D eigenvalue weighted by molar-refractivity contribution is 0.306. The molecular formula is C23H18ClNO3S. The quantitative estimate of drug-likeness (QED) is 0.486. The van der Waals surface area contributed by atoms with E-state index in [1.54, 1.807) is 30.3 Å². The molecule has 0 aliphatic heterocycles. The van der Waals surface area contributed by atoms with Crippen LogP contribution >= 0.6 is 11.6 Å².